The van der Waals surface area contributed by atoms with Crippen molar-refractivity contribution in [2.75, 3.05) is 18.1 Å². The van der Waals surface area contributed by atoms with Crippen LogP contribution in [0.4, 0.5) is 13.2 Å². The van der Waals surface area contributed by atoms with Crippen LogP contribution in [0.5, 0.6) is 0 Å². The molecule has 0 radical (unpaired) electrons. The van der Waals surface area contributed by atoms with E-state index in [0.717, 1.165) is 0 Å². The second kappa shape index (κ2) is 8.12. The third-order valence-corrected chi connectivity index (χ3v) is 5.48. The number of halogens is 3. The van der Waals surface area contributed by atoms with Crippen LogP contribution < -0.4 is 0 Å². The molecule has 0 aromatic heterocycles. The van der Waals surface area contributed by atoms with Crippen molar-refractivity contribution >= 4 is 29.5 Å². The molecule has 0 unspecified atom stereocenters. The molecule has 1 fully saturated rings. The Morgan fingerprint density at radius 3 is 2.23 bits per heavy atom. The summed E-state index contributed by atoms with van der Waals surface area (Å²) in [6.07, 6.45) is -6.76. The predicted octanol–water partition coefficient (Wildman–Crippen LogP) is 3.44. The molecule has 1 saturated heterocycles. The van der Waals surface area contributed by atoms with E-state index in [1.54, 1.807) is 13.8 Å². The first kappa shape index (κ1) is 19.9. The zero-order valence-electron chi connectivity index (χ0n) is 12.9. The Balaban J connectivity index is 2.91. The zero-order valence-corrected chi connectivity index (χ0v) is 14.6. The summed E-state index contributed by atoms with van der Waals surface area (Å²) in [5.74, 6) is -1.71. The Labute approximate surface area is 136 Å². The molecule has 0 N–H and O–H groups in total. The first-order valence-corrected chi connectivity index (χ1v) is 9.03. The maximum absolute atomic E-state index is 12.5. The molecular weight excluding hydrogens is 341 g/mol. The van der Waals surface area contributed by atoms with Crippen molar-refractivity contribution in [3.8, 4) is 0 Å². The van der Waals surface area contributed by atoms with Gasteiger partial charge in [-0.1, -0.05) is 13.8 Å². The highest BCUT2D eigenvalue weighted by Crippen LogP contribution is 2.36. The number of ether oxygens (including phenoxy) is 3. The van der Waals surface area contributed by atoms with Crippen molar-refractivity contribution in [3.05, 3.63) is 0 Å². The van der Waals surface area contributed by atoms with Crippen molar-refractivity contribution in [2.45, 2.75) is 56.4 Å². The van der Waals surface area contributed by atoms with Gasteiger partial charge in [-0.2, -0.15) is 13.2 Å². The van der Waals surface area contributed by atoms with Crippen molar-refractivity contribution in [1.82, 2.24) is 0 Å². The monoisotopic (exact) mass is 362 g/mol. The largest absolute Gasteiger partial charge is 0.490 e. The lowest BCUT2D eigenvalue weighted by Gasteiger charge is -2.30. The standard InChI is InChI=1S/C13H21F3O4S2/c1-5-21-10(22-6-2)9(19-11(17)13(14,15)16)8-7-18-12(3,4)20-8/h8-10H,5-7H2,1-4H3/t8-,9-/m1/s1. The molecule has 0 aromatic carbocycles. The first-order valence-electron chi connectivity index (χ1n) is 6.93. The quantitative estimate of drug-likeness (QED) is 0.511. The van der Waals surface area contributed by atoms with Gasteiger partial charge in [-0.05, 0) is 25.4 Å². The third-order valence-electron chi connectivity index (χ3n) is 2.80. The number of alkyl halides is 3. The Kier molecular flexibility index (Phi) is 7.35. The highest BCUT2D eigenvalue weighted by atomic mass is 32.2. The van der Waals surface area contributed by atoms with Gasteiger partial charge in [0.05, 0.1) is 11.2 Å². The zero-order chi connectivity index (χ0) is 17.0. The minimum absolute atomic E-state index is 0.0911. The summed E-state index contributed by atoms with van der Waals surface area (Å²) in [6.45, 7) is 7.22. The Hall–Kier alpha value is -0.120. The van der Waals surface area contributed by atoms with E-state index in [2.05, 4.69) is 0 Å². The van der Waals surface area contributed by atoms with Crippen LogP contribution in [0.15, 0.2) is 0 Å². The molecule has 1 aliphatic heterocycles. The van der Waals surface area contributed by atoms with Crippen LogP contribution in [-0.4, -0.2) is 52.8 Å². The highest BCUT2D eigenvalue weighted by Gasteiger charge is 2.48. The minimum Gasteiger partial charge on any atom is -0.451 e. The molecule has 0 aromatic rings. The van der Waals surface area contributed by atoms with Crippen LogP contribution >= 0.6 is 23.5 Å². The van der Waals surface area contributed by atoms with E-state index in [-0.39, 0.29) is 11.2 Å². The summed E-state index contributed by atoms with van der Waals surface area (Å²) in [5.41, 5.74) is 0. The molecule has 0 aliphatic carbocycles. The average molecular weight is 362 g/mol. The van der Waals surface area contributed by atoms with Gasteiger partial charge >= 0.3 is 12.1 Å². The van der Waals surface area contributed by atoms with Gasteiger partial charge < -0.3 is 14.2 Å². The minimum atomic E-state index is -5.02. The molecule has 9 heteroatoms. The lowest BCUT2D eigenvalue weighted by Crippen LogP contribution is -2.43. The van der Waals surface area contributed by atoms with Crippen LogP contribution in [-0.2, 0) is 19.0 Å². The number of thioether (sulfide) groups is 2. The van der Waals surface area contributed by atoms with Gasteiger partial charge in [-0.3, -0.25) is 0 Å². The van der Waals surface area contributed by atoms with Crippen LogP contribution in [0.3, 0.4) is 0 Å². The SMILES string of the molecule is CCSC(SCC)[C@H](OC(=O)C(F)(F)F)[C@H]1COC(C)(C)O1. The number of rotatable bonds is 7. The van der Waals surface area contributed by atoms with Crippen molar-refractivity contribution < 1.29 is 32.2 Å². The number of esters is 1. The number of hydrogen-bond acceptors (Lipinski definition) is 6. The molecule has 4 nitrogen and oxygen atoms in total. The van der Waals surface area contributed by atoms with E-state index < -0.39 is 30.1 Å². The second-order valence-corrected chi connectivity index (χ2v) is 8.15. The molecule has 130 valence electrons. The molecule has 0 saturated carbocycles. The molecule has 1 aliphatic rings. The lowest BCUT2D eigenvalue weighted by molar-refractivity contribution is -0.211. The number of hydrogen-bond donors (Lipinski definition) is 0. The lowest BCUT2D eigenvalue weighted by atomic mass is 10.2. The van der Waals surface area contributed by atoms with Gasteiger partial charge in [0.2, 0.25) is 0 Å². The summed E-state index contributed by atoms with van der Waals surface area (Å²) in [7, 11) is 0. The van der Waals surface area contributed by atoms with Gasteiger partial charge in [-0.25, -0.2) is 4.79 Å². The van der Waals surface area contributed by atoms with E-state index in [0.29, 0.717) is 11.5 Å². The molecule has 2 atom stereocenters. The fourth-order valence-corrected chi connectivity index (χ4v) is 4.64. The van der Waals surface area contributed by atoms with E-state index in [1.807, 2.05) is 13.8 Å². The normalized spacial score (nSPS) is 22.8. The van der Waals surface area contributed by atoms with Gasteiger partial charge in [0.25, 0.3) is 0 Å². The average Bonchev–Trinajstić information content (AvgIpc) is 2.74. The molecule has 22 heavy (non-hydrogen) atoms. The summed E-state index contributed by atoms with van der Waals surface area (Å²) in [6, 6.07) is 0. The molecule has 1 heterocycles. The second-order valence-electron chi connectivity index (χ2n) is 5.01. The Morgan fingerprint density at radius 1 is 1.32 bits per heavy atom. The molecule has 0 spiro atoms. The third kappa shape index (κ3) is 5.82. The van der Waals surface area contributed by atoms with E-state index in [9.17, 15) is 18.0 Å². The van der Waals surface area contributed by atoms with Gasteiger partial charge in [-0.15, -0.1) is 23.5 Å². The van der Waals surface area contributed by atoms with Gasteiger partial charge in [0.1, 0.15) is 6.10 Å². The van der Waals surface area contributed by atoms with Gasteiger partial charge in [0, 0.05) is 0 Å². The summed E-state index contributed by atoms with van der Waals surface area (Å²) in [4.78, 5) is 11.2. The van der Waals surface area contributed by atoms with Crippen LogP contribution in [0, 0.1) is 0 Å². The van der Waals surface area contributed by atoms with Gasteiger partial charge in [0.15, 0.2) is 11.9 Å². The fraction of sp³-hybridized carbons (Fsp3) is 0.923. The maximum atomic E-state index is 12.5. The molecule has 0 amide bonds. The topological polar surface area (TPSA) is 44.8 Å². The smallest absolute Gasteiger partial charge is 0.451 e. The van der Waals surface area contributed by atoms with E-state index in [4.69, 9.17) is 14.2 Å². The highest BCUT2D eigenvalue weighted by molar-refractivity contribution is 8.17. The Bertz CT molecular complexity index is 369. The molecule has 0 bridgehead atoms. The number of carbonyl (C=O) groups is 1. The van der Waals surface area contributed by atoms with Crippen LogP contribution in [0.25, 0.3) is 0 Å². The summed E-state index contributed by atoms with van der Waals surface area (Å²) in [5, 5.41) is 0. The molecule has 1 rings (SSSR count). The van der Waals surface area contributed by atoms with Crippen molar-refractivity contribution in [1.29, 1.82) is 0 Å². The maximum Gasteiger partial charge on any atom is 0.490 e. The summed E-state index contributed by atoms with van der Waals surface area (Å²) >= 11 is 2.86. The predicted molar refractivity (Wildman–Crippen MR) is 80.9 cm³/mol. The molecular formula is C13H21F3O4S2. The number of carbonyl (C=O) groups excluding carboxylic acids is 1. The van der Waals surface area contributed by atoms with Crippen LogP contribution in [0.2, 0.25) is 0 Å². The van der Waals surface area contributed by atoms with E-state index >= 15 is 0 Å². The summed E-state index contributed by atoms with van der Waals surface area (Å²) < 4.78 is 53.0. The van der Waals surface area contributed by atoms with Crippen molar-refractivity contribution in [2.24, 2.45) is 0 Å². The van der Waals surface area contributed by atoms with Crippen LogP contribution in [0.1, 0.15) is 27.7 Å². The first-order chi connectivity index (χ1) is 10.1. The fourth-order valence-electron chi connectivity index (χ4n) is 1.94. The Morgan fingerprint density at radius 2 is 1.86 bits per heavy atom. The van der Waals surface area contributed by atoms with Crippen molar-refractivity contribution in [3.63, 3.8) is 0 Å². The van der Waals surface area contributed by atoms with E-state index in [1.165, 1.54) is 23.5 Å².